The molecule has 1 aliphatic carbocycles. The van der Waals surface area contributed by atoms with Crippen LogP contribution in [0.4, 0.5) is 8.78 Å². The van der Waals surface area contributed by atoms with Gasteiger partial charge >= 0.3 is 0 Å². The highest BCUT2D eigenvalue weighted by atomic mass is 19.1. The summed E-state index contributed by atoms with van der Waals surface area (Å²) in [5.74, 6) is -1.37. The Bertz CT molecular complexity index is 1540. The summed E-state index contributed by atoms with van der Waals surface area (Å²) in [6, 6.07) is 8.13. The fourth-order valence-electron chi connectivity index (χ4n) is 5.26. The number of nitrogens with zero attached hydrogens (tertiary/aromatic N) is 4. The number of fused-ring (bicyclic) bond motifs is 1. The lowest BCUT2D eigenvalue weighted by atomic mass is 9.88. The molecule has 1 aromatic carbocycles. The number of nitrogens with one attached hydrogen (secondary N) is 3. The maximum Gasteiger partial charge on any atom is 0.272 e. The van der Waals surface area contributed by atoms with Gasteiger partial charge in [0.1, 0.15) is 5.69 Å². The second-order valence-corrected chi connectivity index (χ2v) is 9.85. The Balaban J connectivity index is 1.11. The van der Waals surface area contributed by atoms with Crippen LogP contribution in [0.1, 0.15) is 41.7 Å². The summed E-state index contributed by atoms with van der Waals surface area (Å²) in [5.41, 5.74) is 1.65. The molecule has 2 aliphatic rings. The number of ether oxygens (including phenoxy) is 1. The number of hydrogen-bond acceptors (Lipinski definition) is 6. The van der Waals surface area contributed by atoms with E-state index >= 15 is 0 Å². The molecule has 1 saturated heterocycles. The zero-order chi connectivity index (χ0) is 26.4. The monoisotopic (exact) mass is 521 g/mol. The lowest BCUT2D eigenvalue weighted by Crippen LogP contribution is -2.50. The van der Waals surface area contributed by atoms with E-state index in [1.54, 1.807) is 18.2 Å². The Morgan fingerprint density at radius 2 is 2.03 bits per heavy atom. The van der Waals surface area contributed by atoms with Crippen molar-refractivity contribution < 1.29 is 23.1 Å². The van der Waals surface area contributed by atoms with E-state index in [0.717, 1.165) is 24.6 Å². The smallest absolute Gasteiger partial charge is 0.272 e. The summed E-state index contributed by atoms with van der Waals surface area (Å²) in [6.45, 7) is 0.702. The first-order valence-electron chi connectivity index (χ1n) is 12.3. The fraction of sp³-hybridized carbons (Fsp3) is 0.346. The predicted octanol–water partition coefficient (Wildman–Crippen LogP) is 3.34. The molecule has 0 bridgehead atoms. The van der Waals surface area contributed by atoms with Gasteiger partial charge in [0.25, 0.3) is 5.91 Å². The molecule has 2 amide bonds. The van der Waals surface area contributed by atoms with E-state index < -0.39 is 11.8 Å². The van der Waals surface area contributed by atoms with Crippen molar-refractivity contribution >= 4 is 22.7 Å². The van der Waals surface area contributed by atoms with Crippen LogP contribution < -0.4 is 10.1 Å². The van der Waals surface area contributed by atoms with Crippen LogP contribution in [0.15, 0.2) is 36.5 Å². The second-order valence-electron chi connectivity index (χ2n) is 9.85. The number of likely N-dealkylation sites (tertiary alicyclic amines) is 1. The predicted molar refractivity (Wildman–Crippen MR) is 132 cm³/mol. The molecule has 1 spiro atoms. The summed E-state index contributed by atoms with van der Waals surface area (Å²) >= 11 is 0. The third kappa shape index (κ3) is 4.25. The number of piperidine rings is 1. The van der Waals surface area contributed by atoms with Gasteiger partial charge in [-0.3, -0.25) is 19.8 Å². The molecule has 3 N–H and O–H groups in total. The number of rotatable bonds is 6. The standard InChI is InChI=1S/C26H25F2N7O3/c1-38-22-9-16(18(27)13-29-22)20-10-21(33-32-20)25(37)35-7-4-15(11-26(35)5-6-26)24(36)30-12-14-2-3-19-17(8-14)23(28)34-31-19/h2-3,8-10,13,15H,4-7,11-12H2,1H3,(H,30,36)(H,31,34)(H,32,33). The number of H-pyrrole nitrogens is 2. The van der Waals surface area contributed by atoms with E-state index in [1.165, 1.54) is 19.2 Å². The van der Waals surface area contributed by atoms with Crippen LogP contribution in [0, 0.1) is 17.7 Å². The molecule has 38 heavy (non-hydrogen) atoms. The minimum Gasteiger partial charge on any atom is -0.481 e. The van der Waals surface area contributed by atoms with Crippen molar-refractivity contribution in [3.63, 3.8) is 0 Å². The van der Waals surface area contributed by atoms with Crippen molar-refractivity contribution in [3.8, 4) is 17.1 Å². The average Bonchev–Trinajstić information content (AvgIpc) is 3.34. The maximum atomic E-state index is 14.3. The van der Waals surface area contributed by atoms with Crippen molar-refractivity contribution in [3.05, 3.63) is 59.6 Å². The van der Waals surface area contributed by atoms with Crippen LogP contribution in [0.2, 0.25) is 0 Å². The van der Waals surface area contributed by atoms with Crippen LogP contribution in [0.3, 0.4) is 0 Å². The number of aromatic amines is 2. The number of hydrogen-bond donors (Lipinski definition) is 3. The van der Waals surface area contributed by atoms with Crippen LogP contribution >= 0.6 is 0 Å². The SMILES string of the molecule is COc1cc(-c2cc(C(=O)N3CCC(C(=O)NCc4ccc5n[nH]c(F)c5c4)CC34CC4)[nH]n2)c(F)cn1. The molecule has 1 unspecified atom stereocenters. The van der Waals surface area contributed by atoms with Crippen LogP contribution in [0.25, 0.3) is 22.2 Å². The topological polar surface area (TPSA) is 129 Å². The fourth-order valence-corrected chi connectivity index (χ4v) is 5.26. The number of methoxy groups -OCH3 is 1. The maximum absolute atomic E-state index is 14.3. The quantitative estimate of drug-likeness (QED) is 0.357. The molecule has 1 aliphatic heterocycles. The highest BCUT2D eigenvalue weighted by Gasteiger charge is 2.54. The number of carbonyl (C=O) groups is 2. The number of pyridine rings is 1. The highest BCUT2D eigenvalue weighted by molar-refractivity contribution is 5.94. The van der Waals surface area contributed by atoms with Crippen molar-refractivity contribution in [1.82, 2.24) is 35.6 Å². The Hall–Kier alpha value is -4.35. The molecule has 0 radical (unpaired) electrons. The Morgan fingerprint density at radius 3 is 2.82 bits per heavy atom. The van der Waals surface area contributed by atoms with Gasteiger partial charge in [-0.15, -0.1) is 0 Å². The lowest BCUT2D eigenvalue weighted by molar-refractivity contribution is -0.127. The van der Waals surface area contributed by atoms with Gasteiger partial charge in [0.05, 0.1) is 29.9 Å². The van der Waals surface area contributed by atoms with Gasteiger partial charge in [-0.2, -0.15) is 14.6 Å². The van der Waals surface area contributed by atoms with Gasteiger partial charge in [0.15, 0.2) is 5.82 Å². The number of aromatic nitrogens is 5. The van der Waals surface area contributed by atoms with E-state index in [4.69, 9.17) is 4.74 Å². The Kier molecular flexibility index (Phi) is 5.81. The van der Waals surface area contributed by atoms with Crippen LogP contribution in [-0.2, 0) is 11.3 Å². The summed E-state index contributed by atoms with van der Waals surface area (Å²) < 4.78 is 33.2. The van der Waals surface area contributed by atoms with Gasteiger partial charge in [0, 0.05) is 36.2 Å². The first kappa shape index (κ1) is 24.0. The number of amides is 2. The Labute approximate surface area is 215 Å². The summed E-state index contributed by atoms with van der Waals surface area (Å²) in [7, 11) is 1.43. The van der Waals surface area contributed by atoms with Crippen molar-refractivity contribution in [2.75, 3.05) is 13.7 Å². The van der Waals surface area contributed by atoms with E-state index in [2.05, 4.69) is 30.7 Å². The lowest BCUT2D eigenvalue weighted by Gasteiger charge is -2.39. The molecule has 1 saturated carbocycles. The normalized spacial score (nSPS) is 18.1. The van der Waals surface area contributed by atoms with Crippen molar-refractivity contribution in [2.45, 2.75) is 37.8 Å². The number of halogens is 2. The molecule has 12 heteroatoms. The first-order valence-corrected chi connectivity index (χ1v) is 12.3. The molecular weight excluding hydrogens is 496 g/mol. The van der Waals surface area contributed by atoms with Crippen molar-refractivity contribution in [2.24, 2.45) is 5.92 Å². The van der Waals surface area contributed by atoms with Gasteiger partial charge in [-0.1, -0.05) is 6.07 Å². The number of carbonyl (C=O) groups excluding carboxylic acids is 2. The average molecular weight is 522 g/mol. The summed E-state index contributed by atoms with van der Waals surface area (Å²) in [6.07, 6.45) is 3.77. The third-order valence-electron chi connectivity index (χ3n) is 7.51. The molecule has 1 atom stereocenters. The molecule has 4 heterocycles. The molecule has 3 aromatic heterocycles. The number of benzene rings is 1. The van der Waals surface area contributed by atoms with Gasteiger partial charge in [-0.25, -0.2) is 9.37 Å². The molecular formula is C26H25F2N7O3. The van der Waals surface area contributed by atoms with Gasteiger partial charge < -0.3 is 15.0 Å². The van der Waals surface area contributed by atoms with E-state index in [9.17, 15) is 18.4 Å². The van der Waals surface area contributed by atoms with E-state index in [0.29, 0.717) is 30.3 Å². The molecule has 6 rings (SSSR count). The summed E-state index contributed by atoms with van der Waals surface area (Å²) in [5, 5.41) is 16.4. The second kappa shape index (κ2) is 9.19. The van der Waals surface area contributed by atoms with E-state index in [-0.39, 0.29) is 52.6 Å². The third-order valence-corrected chi connectivity index (χ3v) is 7.51. The van der Waals surface area contributed by atoms with Crippen LogP contribution in [0.5, 0.6) is 5.88 Å². The van der Waals surface area contributed by atoms with Crippen molar-refractivity contribution in [1.29, 1.82) is 0 Å². The summed E-state index contributed by atoms with van der Waals surface area (Å²) in [4.78, 5) is 32.0. The zero-order valence-corrected chi connectivity index (χ0v) is 20.6. The Morgan fingerprint density at radius 1 is 1.18 bits per heavy atom. The largest absolute Gasteiger partial charge is 0.481 e. The van der Waals surface area contributed by atoms with E-state index in [1.807, 2.05) is 4.90 Å². The molecule has 196 valence electrons. The molecule has 10 nitrogen and oxygen atoms in total. The zero-order valence-electron chi connectivity index (χ0n) is 20.6. The first-order chi connectivity index (χ1) is 18.4. The highest BCUT2D eigenvalue weighted by Crippen LogP contribution is 2.50. The van der Waals surface area contributed by atoms with Gasteiger partial charge in [0.2, 0.25) is 17.7 Å². The van der Waals surface area contributed by atoms with Gasteiger partial charge in [-0.05, 0) is 49.4 Å². The minimum absolute atomic E-state index is 0.0814. The minimum atomic E-state index is -0.573. The molecule has 2 fully saturated rings. The van der Waals surface area contributed by atoms with Crippen LogP contribution in [-0.4, -0.2) is 61.3 Å². The molecule has 4 aromatic rings.